The topological polar surface area (TPSA) is 0 Å². The average Bonchev–Trinajstić information content (AvgIpc) is 1.49. The van der Waals surface area contributed by atoms with Gasteiger partial charge in [-0.1, -0.05) is 146 Å². The van der Waals surface area contributed by atoms with Crippen LogP contribution in [0.2, 0.25) is 0 Å². The molecule has 33 rings (SSSR count). The Bertz CT molecular complexity index is 10200. The molecule has 7 aliphatic rings. The quantitative estimate of drug-likeness (QED) is 0.0848. The maximum absolute atomic E-state index is 2.58. The summed E-state index contributed by atoms with van der Waals surface area (Å²) in [5, 5.41) is 20.9. The van der Waals surface area contributed by atoms with Crippen molar-refractivity contribution < 1.29 is 0 Å². The van der Waals surface area contributed by atoms with Crippen molar-refractivity contribution in [2.24, 2.45) is 0 Å². The summed E-state index contributed by atoms with van der Waals surface area (Å²) < 4.78 is 11.0. The maximum atomic E-state index is 2.58. The van der Waals surface area contributed by atoms with Crippen molar-refractivity contribution in [2.75, 3.05) is 0 Å². The van der Waals surface area contributed by atoms with Crippen LogP contribution in [0.15, 0.2) is 491 Å². The van der Waals surface area contributed by atoms with E-state index in [4.69, 9.17) is 0 Å². The molecule has 26 aromatic rings. The third-order valence-corrected chi connectivity index (χ3v) is 49.1. The summed E-state index contributed by atoms with van der Waals surface area (Å²) in [6, 6.07) is 190. The molecule has 2 atom stereocenters. The Morgan fingerprint density at radius 3 is 0.849 bits per heavy atom. The second kappa shape index (κ2) is 32.0. The molecule has 0 fully saturated rings. The Morgan fingerprint density at radius 1 is 0.137 bits per heavy atom. The monoisotopic (exact) mass is 2090 g/mol. The van der Waals surface area contributed by atoms with Gasteiger partial charge in [0, 0.05) is 0 Å². The molecule has 4 heteroatoms. The van der Waals surface area contributed by atoms with Crippen LogP contribution in [-0.2, 0) is 10.8 Å². The molecule has 0 nitrogen and oxygen atoms in total. The summed E-state index contributed by atoms with van der Waals surface area (Å²) in [5.74, 6) is 0. The molecule has 2 unspecified atom stereocenters. The van der Waals surface area contributed by atoms with Crippen molar-refractivity contribution in [3.05, 3.63) is 536 Å². The Labute approximate surface area is 874 Å². The third-order valence-electron chi connectivity index (χ3n) is 34.6. The summed E-state index contributed by atoms with van der Waals surface area (Å²) in [4.78, 5) is 0. The standard InChI is InChI=1S/C71H44Ge2.C71H46Ge2/c1-3-20-47-41(18-1)42-19-2-4-21-50(42)70-69(47)52-23-6-10-34-59(52)71(70)58-33-9-5-22-51(58)66-55(32-15-35-60(66)71)65-48-28-13-26-43(45-30-16-38-63-67(45)53-24-7-11-36-61(53)72-63)56(48)40-57-44(27-14-29-49(57)65)46-31-17-39-64-68(46)54-25-8-12-37-62(54)73-64;72-64-38-11-7-20-45(64)43-19-13-18-42(40-43)44-28-14-30-51-59(44)41-60-48(54-32-16-33-55-49-23-8-12-39-65(49)73-70(54)55)29-15-31-52(60)66(51)58-34-17-37-63-67(58)56-26-5-9-35-61(56)71(63)62-36-10-6-27-57(62)68-50-24-3-1-21-46(50)47-22-2-4-25-53(47)69(68)71/h1-40H,72-73H2;1-41H,73H2,72H3. The Balaban J connectivity index is 0.000000130. The summed E-state index contributed by atoms with van der Waals surface area (Å²) in [6.07, 6.45) is 0. The van der Waals surface area contributed by atoms with Gasteiger partial charge in [-0.3, -0.25) is 0 Å². The minimum atomic E-state index is -1.28. The molecule has 674 valence electrons. The van der Waals surface area contributed by atoms with Gasteiger partial charge in [-0.2, -0.15) is 0 Å². The van der Waals surface area contributed by atoms with Crippen molar-refractivity contribution in [3.8, 4) is 156 Å². The van der Waals surface area contributed by atoms with E-state index < -0.39 is 57.1 Å². The van der Waals surface area contributed by atoms with Crippen molar-refractivity contribution in [1.29, 1.82) is 0 Å². The molecule has 26 aromatic carbocycles. The summed E-state index contributed by atoms with van der Waals surface area (Å²) in [5.41, 5.74) is 47.7. The first-order chi connectivity index (χ1) is 72.4. The molecule has 0 saturated carbocycles. The van der Waals surface area contributed by atoms with Gasteiger partial charge in [-0.15, -0.1) is 0 Å². The van der Waals surface area contributed by atoms with Gasteiger partial charge in [-0.25, -0.2) is 0 Å². The first kappa shape index (κ1) is 83.4. The predicted octanol–water partition coefficient (Wildman–Crippen LogP) is 28.2. The van der Waals surface area contributed by atoms with Crippen LogP contribution in [0.25, 0.3) is 242 Å². The van der Waals surface area contributed by atoms with Crippen LogP contribution in [0.5, 0.6) is 0 Å². The fourth-order valence-corrected chi connectivity index (χ4v) is 43.1. The number of hydrogen-bond donors (Lipinski definition) is 0. The molecular formula is C142H90Ge4. The molecular weight excluding hydrogens is 2000 g/mol. The van der Waals surface area contributed by atoms with E-state index in [-0.39, 0.29) is 0 Å². The van der Waals surface area contributed by atoms with Crippen LogP contribution in [-0.4, -0.2) is 62.8 Å². The zero-order chi connectivity index (χ0) is 95.5. The average molecular weight is 2090 g/mol. The number of hydrogen-bond acceptors (Lipinski definition) is 0. The van der Waals surface area contributed by atoms with E-state index in [0.29, 0.717) is 16.5 Å². The first-order valence-electron chi connectivity index (χ1n) is 51.7. The van der Waals surface area contributed by atoms with Gasteiger partial charge in [-0.05, 0) is 48.8 Å². The Kier molecular flexibility index (Phi) is 18.3. The van der Waals surface area contributed by atoms with E-state index in [1.54, 1.807) is 26.4 Å². The fraction of sp³-hybridized carbons (Fsp3) is 0.0141. The molecule has 0 N–H and O–H groups in total. The van der Waals surface area contributed by atoms with Gasteiger partial charge in [0.25, 0.3) is 0 Å². The zero-order valence-corrected chi connectivity index (χ0v) is 93.5. The molecule has 0 saturated heterocycles. The Hall–Kier alpha value is -16.0. The molecule has 0 bridgehead atoms. The molecule has 2 spiro atoms. The normalized spacial score (nSPS) is 15.4. The summed E-state index contributed by atoms with van der Waals surface area (Å²) in [7, 11) is 0. The van der Waals surface area contributed by atoms with E-state index in [0.717, 1.165) is 0 Å². The molecule has 3 heterocycles. The predicted molar refractivity (Wildman–Crippen MR) is 633 cm³/mol. The molecule has 0 radical (unpaired) electrons. The van der Waals surface area contributed by atoms with Gasteiger partial charge < -0.3 is 0 Å². The van der Waals surface area contributed by atoms with Crippen molar-refractivity contribution in [1.82, 2.24) is 0 Å². The molecule has 146 heavy (non-hydrogen) atoms. The Morgan fingerprint density at radius 2 is 0.397 bits per heavy atom. The van der Waals surface area contributed by atoms with E-state index in [2.05, 4.69) is 491 Å². The van der Waals surface area contributed by atoms with Crippen LogP contribution in [0.4, 0.5) is 0 Å². The zero-order valence-electron chi connectivity index (χ0n) is 80.4. The minimum absolute atomic E-state index is 0.541. The van der Waals surface area contributed by atoms with Crippen LogP contribution < -0.4 is 30.8 Å². The number of rotatable bonds is 7. The van der Waals surface area contributed by atoms with E-state index >= 15 is 0 Å². The number of benzene rings is 26. The van der Waals surface area contributed by atoms with Crippen molar-refractivity contribution in [2.45, 2.75) is 10.8 Å². The van der Waals surface area contributed by atoms with Gasteiger partial charge in [0.2, 0.25) is 0 Å². The molecule has 4 aliphatic carbocycles. The molecule has 0 aromatic heterocycles. The molecule has 3 aliphatic heterocycles. The fourth-order valence-electron chi connectivity index (χ4n) is 29.0. The van der Waals surface area contributed by atoms with Gasteiger partial charge in [0.15, 0.2) is 0 Å². The SMILES string of the molecule is [GeH3][c]1ccccc1-c1cccc(-c2cccc3c(-c4cccc5c4-c4ccccc4C54c5ccccc5-c5c4c4ccccc4c4ccccc54)c4cccc(-c5cccc6[c]5[GeH2][c]5ccccc5-6)c4cc23)c1.c1ccc2[c](c1)[GeH2][c]1cccc(-c3cccc4c(-c5cccc6c5-c5ccccc5C65c6ccccc6-c6c5c5ccccc5c5ccccc65)c5cccc(-c6ccc[c]7c6-c6cccc[c]6[GeH2]7)c5cc34)c1-2. The number of fused-ring (bicyclic) bond motifs is 43. The second-order valence-corrected chi connectivity index (χ2v) is 55.3. The van der Waals surface area contributed by atoms with Crippen molar-refractivity contribution in [3.63, 3.8) is 0 Å². The van der Waals surface area contributed by atoms with Gasteiger partial charge in [0.05, 0.1) is 0 Å². The van der Waals surface area contributed by atoms with Crippen molar-refractivity contribution >= 4 is 180 Å². The van der Waals surface area contributed by atoms with Crippen LogP contribution in [0, 0.1) is 0 Å². The van der Waals surface area contributed by atoms with Gasteiger partial charge in [0.1, 0.15) is 0 Å². The molecule has 0 amide bonds. The van der Waals surface area contributed by atoms with E-state index in [1.807, 2.05) is 0 Å². The summed E-state index contributed by atoms with van der Waals surface area (Å²) in [6.45, 7) is 0. The van der Waals surface area contributed by atoms with Crippen LogP contribution in [0.1, 0.15) is 44.5 Å². The summed E-state index contributed by atoms with van der Waals surface area (Å²) >= 11 is -3.01. The van der Waals surface area contributed by atoms with E-state index in [1.165, 1.54) is 291 Å². The van der Waals surface area contributed by atoms with Crippen LogP contribution in [0.3, 0.4) is 0 Å². The second-order valence-electron chi connectivity index (χ2n) is 41.3. The van der Waals surface area contributed by atoms with E-state index in [9.17, 15) is 0 Å². The van der Waals surface area contributed by atoms with Gasteiger partial charge >= 0.3 is 688 Å². The van der Waals surface area contributed by atoms with Crippen LogP contribution >= 0.6 is 0 Å². The first-order valence-corrected chi connectivity index (χ1v) is 62.7. The third kappa shape index (κ3) is 11.5.